The highest BCUT2D eigenvalue weighted by Gasteiger charge is 2.19. The Hall–Kier alpha value is -1.42. The minimum atomic E-state index is 0.601. The Balaban J connectivity index is 1.88. The zero-order chi connectivity index (χ0) is 14.7. The molecule has 1 saturated carbocycles. The van der Waals surface area contributed by atoms with E-state index < -0.39 is 0 Å². The Bertz CT molecular complexity index is 600. The molecular weight excluding hydrogens is 278 g/mol. The maximum atomic E-state index is 4.70. The molecule has 2 aromatic rings. The lowest BCUT2D eigenvalue weighted by Crippen LogP contribution is -2.14. The van der Waals surface area contributed by atoms with Crippen molar-refractivity contribution in [1.29, 1.82) is 0 Å². The minimum Gasteiger partial charge on any atom is -0.325 e. The molecule has 1 aromatic carbocycles. The van der Waals surface area contributed by atoms with Gasteiger partial charge in [-0.2, -0.15) is 0 Å². The van der Waals surface area contributed by atoms with Crippen molar-refractivity contribution in [2.24, 2.45) is 0 Å². The smallest absolute Gasteiger partial charge is 0.207 e. The zero-order valence-electron chi connectivity index (χ0n) is 12.8. The van der Waals surface area contributed by atoms with Crippen LogP contribution in [0, 0.1) is 6.92 Å². The average molecular weight is 301 g/mol. The van der Waals surface area contributed by atoms with Gasteiger partial charge < -0.3 is 9.88 Å². The van der Waals surface area contributed by atoms with Crippen LogP contribution in [-0.4, -0.2) is 15.8 Å². The van der Waals surface area contributed by atoms with Crippen LogP contribution in [0.2, 0.25) is 0 Å². The molecule has 0 saturated heterocycles. The predicted molar refractivity (Wildman–Crippen MR) is 90.6 cm³/mol. The second-order valence-corrected chi connectivity index (χ2v) is 6.58. The van der Waals surface area contributed by atoms with E-state index in [-0.39, 0.29) is 0 Å². The largest absolute Gasteiger partial charge is 0.325 e. The van der Waals surface area contributed by atoms with Gasteiger partial charge in [0.1, 0.15) is 0 Å². The minimum absolute atomic E-state index is 0.601. The lowest BCUT2D eigenvalue weighted by Gasteiger charge is -2.25. The number of rotatable bonds is 4. The van der Waals surface area contributed by atoms with Crippen LogP contribution in [0.25, 0.3) is 0 Å². The van der Waals surface area contributed by atoms with E-state index >= 15 is 0 Å². The molecule has 0 aliphatic heterocycles. The normalized spacial score (nSPS) is 16.1. The topological polar surface area (TPSA) is 29.9 Å². The van der Waals surface area contributed by atoms with Crippen molar-refractivity contribution in [3.8, 4) is 0 Å². The molecule has 0 unspecified atom stereocenters. The van der Waals surface area contributed by atoms with E-state index in [1.54, 1.807) is 11.8 Å². The summed E-state index contributed by atoms with van der Waals surface area (Å²) in [6.07, 6.45) is 10.9. The van der Waals surface area contributed by atoms with Gasteiger partial charge in [0.2, 0.25) is 5.95 Å². The maximum Gasteiger partial charge on any atom is 0.207 e. The first kappa shape index (κ1) is 14.5. The van der Waals surface area contributed by atoms with Gasteiger partial charge in [-0.25, -0.2) is 4.98 Å². The van der Waals surface area contributed by atoms with Crippen LogP contribution < -0.4 is 5.32 Å². The zero-order valence-corrected chi connectivity index (χ0v) is 13.6. The number of para-hydroxylation sites is 1. The monoisotopic (exact) mass is 301 g/mol. The third-order valence-electron chi connectivity index (χ3n) is 4.17. The fraction of sp³-hybridized carbons (Fsp3) is 0.471. The number of hydrogen-bond donors (Lipinski definition) is 1. The molecule has 0 amide bonds. The van der Waals surface area contributed by atoms with Crippen LogP contribution >= 0.6 is 11.8 Å². The van der Waals surface area contributed by atoms with E-state index in [9.17, 15) is 0 Å². The molecule has 3 rings (SSSR count). The summed E-state index contributed by atoms with van der Waals surface area (Å²) in [6.45, 7) is 2.07. The van der Waals surface area contributed by atoms with E-state index in [1.807, 2.05) is 0 Å². The standard InChI is InChI=1S/C17H23N3S/c1-13-12-20(14-8-4-3-5-9-14)17(18-13)19-15-10-6-7-11-16(15)21-2/h6-7,10-12,14H,3-5,8-9H2,1-2H3,(H,18,19). The number of hydrogen-bond acceptors (Lipinski definition) is 3. The Morgan fingerprint density at radius 3 is 2.71 bits per heavy atom. The van der Waals surface area contributed by atoms with Gasteiger partial charge in [-0.1, -0.05) is 31.4 Å². The molecule has 0 spiro atoms. The van der Waals surface area contributed by atoms with Crippen LogP contribution in [0.5, 0.6) is 0 Å². The van der Waals surface area contributed by atoms with Crippen LogP contribution in [0.15, 0.2) is 35.4 Å². The Labute approximate surface area is 131 Å². The van der Waals surface area contributed by atoms with Crippen molar-refractivity contribution in [2.75, 3.05) is 11.6 Å². The van der Waals surface area contributed by atoms with Gasteiger partial charge >= 0.3 is 0 Å². The van der Waals surface area contributed by atoms with Crippen LogP contribution in [0.4, 0.5) is 11.6 Å². The molecule has 0 bridgehead atoms. The molecule has 1 aromatic heterocycles. The van der Waals surface area contributed by atoms with Crippen LogP contribution in [0.1, 0.15) is 43.8 Å². The molecule has 112 valence electrons. The van der Waals surface area contributed by atoms with Gasteiger partial charge in [0.25, 0.3) is 0 Å². The third kappa shape index (κ3) is 3.26. The van der Waals surface area contributed by atoms with Crippen LogP contribution in [0.3, 0.4) is 0 Å². The molecule has 0 atom stereocenters. The number of nitrogens with zero attached hydrogens (tertiary/aromatic N) is 2. The number of aromatic nitrogens is 2. The number of thioether (sulfide) groups is 1. The van der Waals surface area contributed by atoms with Crippen molar-refractivity contribution >= 4 is 23.4 Å². The molecule has 1 N–H and O–H groups in total. The fourth-order valence-corrected chi connectivity index (χ4v) is 3.67. The van der Waals surface area contributed by atoms with Crippen molar-refractivity contribution in [3.05, 3.63) is 36.2 Å². The summed E-state index contributed by atoms with van der Waals surface area (Å²) in [5.74, 6) is 0.987. The highest BCUT2D eigenvalue weighted by molar-refractivity contribution is 7.98. The number of imidazole rings is 1. The van der Waals surface area contributed by atoms with Crippen LogP contribution in [-0.2, 0) is 0 Å². The summed E-state index contributed by atoms with van der Waals surface area (Å²) in [4.78, 5) is 5.96. The molecule has 1 heterocycles. The third-order valence-corrected chi connectivity index (χ3v) is 4.97. The number of nitrogens with one attached hydrogen (secondary N) is 1. The van der Waals surface area contributed by atoms with Crippen molar-refractivity contribution in [2.45, 2.75) is 50.0 Å². The van der Waals surface area contributed by atoms with E-state index in [0.29, 0.717) is 6.04 Å². The van der Waals surface area contributed by atoms with Crippen molar-refractivity contribution in [1.82, 2.24) is 9.55 Å². The average Bonchev–Trinajstić information content (AvgIpc) is 2.89. The Morgan fingerprint density at radius 1 is 1.19 bits per heavy atom. The van der Waals surface area contributed by atoms with Gasteiger partial charge in [-0.3, -0.25) is 0 Å². The SMILES string of the molecule is CSc1ccccc1Nc1nc(C)cn1C1CCCCC1. The molecule has 1 aliphatic rings. The quantitative estimate of drug-likeness (QED) is 0.791. The van der Waals surface area contributed by atoms with Gasteiger partial charge in [0.05, 0.1) is 11.4 Å². The molecular formula is C17H23N3S. The lowest BCUT2D eigenvalue weighted by atomic mass is 9.95. The van der Waals surface area contributed by atoms with E-state index in [0.717, 1.165) is 17.3 Å². The second-order valence-electron chi connectivity index (χ2n) is 5.73. The van der Waals surface area contributed by atoms with E-state index in [2.05, 4.69) is 53.5 Å². The highest BCUT2D eigenvalue weighted by atomic mass is 32.2. The molecule has 1 fully saturated rings. The van der Waals surface area contributed by atoms with E-state index in [4.69, 9.17) is 4.98 Å². The molecule has 0 radical (unpaired) electrons. The molecule has 21 heavy (non-hydrogen) atoms. The fourth-order valence-electron chi connectivity index (χ4n) is 3.11. The second kappa shape index (κ2) is 6.56. The maximum absolute atomic E-state index is 4.70. The summed E-state index contributed by atoms with van der Waals surface area (Å²) in [7, 11) is 0. The van der Waals surface area contributed by atoms with Gasteiger partial charge in [-0.15, -0.1) is 11.8 Å². The number of benzene rings is 1. The number of aryl methyl sites for hydroxylation is 1. The molecule has 4 heteroatoms. The van der Waals surface area contributed by atoms with Gasteiger partial charge in [-0.05, 0) is 38.2 Å². The summed E-state index contributed by atoms with van der Waals surface area (Å²) in [6, 6.07) is 9.02. The first-order chi connectivity index (χ1) is 10.3. The van der Waals surface area contributed by atoms with Gasteiger partial charge in [0, 0.05) is 17.1 Å². The Morgan fingerprint density at radius 2 is 1.95 bits per heavy atom. The summed E-state index contributed by atoms with van der Waals surface area (Å²) in [5.41, 5.74) is 2.23. The highest BCUT2D eigenvalue weighted by Crippen LogP contribution is 2.33. The first-order valence-corrected chi connectivity index (χ1v) is 8.96. The molecule has 3 nitrogen and oxygen atoms in total. The summed E-state index contributed by atoms with van der Waals surface area (Å²) < 4.78 is 2.35. The van der Waals surface area contributed by atoms with Crippen molar-refractivity contribution in [3.63, 3.8) is 0 Å². The Kier molecular flexibility index (Phi) is 4.54. The van der Waals surface area contributed by atoms with Crippen molar-refractivity contribution < 1.29 is 0 Å². The van der Waals surface area contributed by atoms with Gasteiger partial charge in [0.15, 0.2) is 0 Å². The summed E-state index contributed by atoms with van der Waals surface area (Å²) >= 11 is 1.76. The number of anilines is 2. The predicted octanol–water partition coefficient (Wildman–Crippen LogP) is 5.16. The summed E-state index contributed by atoms with van der Waals surface area (Å²) in [5, 5.41) is 3.54. The van der Waals surface area contributed by atoms with E-state index in [1.165, 1.54) is 37.0 Å². The lowest BCUT2D eigenvalue weighted by molar-refractivity contribution is 0.356. The molecule has 1 aliphatic carbocycles. The first-order valence-electron chi connectivity index (χ1n) is 7.73.